The zero-order valence-corrected chi connectivity index (χ0v) is 15.2. The first-order valence-corrected chi connectivity index (χ1v) is 8.75. The molecule has 3 rings (SSSR count). The van der Waals surface area contributed by atoms with Crippen LogP contribution in [-0.2, 0) is 16.1 Å². The Hall–Kier alpha value is -2.61. The summed E-state index contributed by atoms with van der Waals surface area (Å²) in [5, 5.41) is 6.53. The Morgan fingerprint density at radius 2 is 2.36 bits per heavy atom. The van der Waals surface area contributed by atoms with Gasteiger partial charge in [0.05, 0.1) is 6.33 Å². The molecule has 25 heavy (non-hydrogen) atoms. The first kappa shape index (κ1) is 17.2. The number of ether oxygens (including phenoxy) is 1. The van der Waals surface area contributed by atoms with E-state index in [-0.39, 0.29) is 24.1 Å². The van der Waals surface area contributed by atoms with Crippen LogP contribution in [0.25, 0.3) is 6.08 Å². The van der Waals surface area contributed by atoms with Gasteiger partial charge in [0.15, 0.2) is 11.4 Å². The van der Waals surface area contributed by atoms with Crippen molar-refractivity contribution in [2.24, 2.45) is 5.41 Å². The summed E-state index contributed by atoms with van der Waals surface area (Å²) in [4.78, 5) is 21.0. The molecule has 0 aromatic carbocycles. The number of amides is 1. The highest BCUT2D eigenvalue weighted by atomic mass is 32.1. The highest BCUT2D eigenvalue weighted by molar-refractivity contribution is 7.16. The fraction of sp³-hybridized carbons (Fsp3) is 0.353. The smallest absolute Gasteiger partial charge is 0.246 e. The van der Waals surface area contributed by atoms with Gasteiger partial charge in [-0.05, 0) is 12.2 Å². The van der Waals surface area contributed by atoms with E-state index in [9.17, 15) is 4.79 Å². The van der Waals surface area contributed by atoms with Crippen molar-refractivity contribution in [2.45, 2.75) is 33.5 Å². The molecule has 2 N–H and O–H groups in total. The molecule has 132 valence electrons. The molecule has 0 spiro atoms. The summed E-state index contributed by atoms with van der Waals surface area (Å²) in [5.74, 6) is 0.793. The molecule has 2 aromatic rings. The second-order valence-electron chi connectivity index (χ2n) is 6.67. The summed E-state index contributed by atoms with van der Waals surface area (Å²) in [6.07, 6.45) is 12.3. The quantitative estimate of drug-likeness (QED) is 0.858. The van der Waals surface area contributed by atoms with E-state index in [4.69, 9.17) is 4.74 Å². The predicted molar refractivity (Wildman–Crippen MR) is 97.6 cm³/mol. The average molecular weight is 359 g/mol. The van der Waals surface area contributed by atoms with Crippen LogP contribution < -0.4 is 10.6 Å². The van der Waals surface area contributed by atoms with Crippen LogP contribution in [0.3, 0.4) is 0 Å². The molecule has 0 saturated heterocycles. The monoisotopic (exact) mass is 359 g/mol. The third-order valence-corrected chi connectivity index (χ3v) is 4.34. The molecule has 1 aliphatic rings. The van der Waals surface area contributed by atoms with E-state index >= 15 is 0 Å². The van der Waals surface area contributed by atoms with E-state index < -0.39 is 0 Å². The first-order chi connectivity index (χ1) is 11.9. The van der Waals surface area contributed by atoms with Crippen LogP contribution in [-0.4, -0.2) is 26.7 Å². The van der Waals surface area contributed by atoms with Crippen LogP contribution in [0.1, 0.15) is 25.6 Å². The van der Waals surface area contributed by atoms with E-state index in [1.165, 1.54) is 11.3 Å². The molecule has 0 bridgehead atoms. The molecule has 8 heteroatoms. The number of nitrogens with zero attached hydrogens (tertiary/aromatic N) is 3. The van der Waals surface area contributed by atoms with Gasteiger partial charge in [0.25, 0.3) is 0 Å². The zero-order chi connectivity index (χ0) is 17.9. The molecule has 1 aliphatic heterocycles. The SMILES string of the molecule is CC(C)(C)C1=CNC(/C=C/c2cnc(NC(=O)Cn3ccnc3)s2)O1. The van der Waals surface area contributed by atoms with Crippen molar-refractivity contribution in [1.29, 1.82) is 0 Å². The minimum atomic E-state index is -0.185. The van der Waals surface area contributed by atoms with E-state index in [0.717, 1.165) is 10.6 Å². The fourth-order valence-electron chi connectivity index (χ4n) is 2.16. The lowest BCUT2D eigenvalue weighted by Crippen LogP contribution is -2.19. The Bertz CT molecular complexity index is 786. The first-order valence-electron chi connectivity index (χ1n) is 7.93. The Morgan fingerprint density at radius 1 is 1.52 bits per heavy atom. The van der Waals surface area contributed by atoms with Crippen molar-refractivity contribution >= 4 is 28.5 Å². The van der Waals surface area contributed by atoms with Gasteiger partial charge in [-0.3, -0.25) is 4.79 Å². The van der Waals surface area contributed by atoms with Crippen molar-refractivity contribution in [2.75, 3.05) is 5.32 Å². The molecule has 1 amide bonds. The molecule has 0 saturated carbocycles. The lowest BCUT2D eigenvalue weighted by Gasteiger charge is -2.20. The minimum Gasteiger partial charge on any atom is -0.469 e. The summed E-state index contributed by atoms with van der Waals surface area (Å²) in [6.45, 7) is 6.53. The van der Waals surface area contributed by atoms with Crippen LogP contribution in [0, 0.1) is 5.41 Å². The Morgan fingerprint density at radius 3 is 3.04 bits per heavy atom. The van der Waals surface area contributed by atoms with Crippen molar-refractivity contribution in [3.63, 3.8) is 0 Å². The van der Waals surface area contributed by atoms with Crippen molar-refractivity contribution < 1.29 is 9.53 Å². The predicted octanol–water partition coefficient (Wildman–Crippen LogP) is 2.82. The summed E-state index contributed by atoms with van der Waals surface area (Å²) < 4.78 is 7.55. The maximum atomic E-state index is 11.9. The summed E-state index contributed by atoms with van der Waals surface area (Å²) in [6, 6.07) is 0. The van der Waals surface area contributed by atoms with Gasteiger partial charge in [-0.25, -0.2) is 9.97 Å². The largest absolute Gasteiger partial charge is 0.469 e. The molecule has 7 nitrogen and oxygen atoms in total. The van der Waals surface area contributed by atoms with Crippen LogP contribution in [0.4, 0.5) is 5.13 Å². The lowest BCUT2D eigenvalue weighted by atomic mass is 9.95. The second-order valence-corrected chi connectivity index (χ2v) is 7.74. The Balaban J connectivity index is 1.51. The highest BCUT2D eigenvalue weighted by Gasteiger charge is 2.25. The normalized spacial score (nSPS) is 17.2. The topological polar surface area (TPSA) is 81.1 Å². The minimum absolute atomic E-state index is 0.0211. The number of carbonyl (C=O) groups is 1. The van der Waals surface area contributed by atoms with Crippen LogP contribution in [0.15, 0.2) is 43.0 Å². The van der Waals surface area contributed by atoms with E-state index in [2.05, 4.69) is 41.4 Å². The number of allylic oxidation sites excluding steroid dienone is 1. The van der Waals surface area contributed by atoms with Crippen molar-refractivity contribution in [3.8, 4) is 0 Å². The van der Waals surface area contributed by atoms with Crippen LogP contribution in [0.5, 0.6) is 0 Å². The summed E-state index contributed by atoms with van der Waals surface area (Å²) >= 11 is 1.41. The van der Waals surface area contributed by atoms with Gasteiger partial charge in [0, 0.05) is 35.1 Å². The maximum Gasteiger partial charge on any atom is 0.246 e. The molecule has 0 fully saturated rings. The molecule has 3 heterocycles. The van der Waals surface area contributed by atoms with Gasteiger partial charge in [0.2, 0.25) is 5.91 Å². The number of imidazole rings is 1. The van der Waals surface area contributed by atoms with Gasteiger partial charge >= 0.3 is 0 Å². The number of anilines is 1. The number of thiazole rings is 1. The molecule has 2 aromatic heterocycles. The average Bonchev–Trinajstić information content (AvgIpc) is 3.25. The number of rotatable bonds is 5. The fourth-order valence-corrected chi connectivity index (χ4v) is 2.90. The molecular weight excluding hydrogens is 338 g/mol. The van der Waals surface area contributed by atoms with Gasteiger partial charge < -0.3 is 19.9 Å². The van der Waals surface area contributed by atoms with E-state index in [1.807, 2.05) is 18.4 Å². The number of hydrogen-bond donors (Lipinski definition) is 2. The molecule has 1 atom stereocenters. The maximum absolute atomic E-state index is 11.9. The molecule has 0 radical (unpaired) electrons. The molecule has 1 unspecified atom stereocenters. The van der Waals surface area contributed by atoms with Gasteiger partial charge in [-0.15, -0.1) is 0 Å². The standard InChI is InChI=1S/C17H21N5O2S/c1-17(2,3)13-9-19-15(24-13)5-4-12-8-20-16(25-12)21-14(23)10-22-7-6-18-11-22/h4-9,11,15,19H,10H2,1-3H3,(H,20,21,23)/b5-4+. The van der Waals surface area contributed by atoms with Gasteiger partial charge in [0.1, 0.15) is 12.3 Å². The molecule has 0 aliphatic carbocycles. The number of carbonyl (C=O) groups excluding carboxylic acids is 1. The summed E-state index contributed by atoms with van der Waals surface area (Å²) in [7, 11) is 0. The highest BCUT2D eigenvalue weighted by Crippen LogP contribution is 2.29. The lowest BCUT2D eigenvalue weighted by molar-refractivity contribution is -0.116. The summed E-state index contributed by atoms with van der Waals surface area (Å²) in [5.41, 5.74) is -0.0211. The number of nitrogens with one attached hydrogen (secondary N) is 2. The zero-order valence-electron chi connectivity index (χ0n) is 14.4. The molecular formula is C17H21N5O2S. The van der Waals surface area contributed by atoms with Crippen molar-refractivity contribution in [3.05, 3.63) is 47.8 Å². The van der Waals surface area contributed by atoms with Crippen LogP contribution >= 0.6 is 11.3 Å². The Kier molecular flexibility index (Phi) is 4.89. The third-order valence-electron chi connectivity index (χ3n) is 3.46. The third kappa shape index (κ3) is 4.69. The van der Waals surface area contributed by atoms with E-state index in [0.29, 0.717) is 5.13 Å². The number of aromatic nitrogens is 3. The van der Waals surface area contributed by atoms with Crippen LogP contribution in [0.2, 0.25) is 0 Å². The van der Waals surface area contributed by atoms with Crippen molar-refractivity contribution in [1.82, 2.24) is 19.9 Å². The Labute approximate surface area is 150 Å². The van der Waals surface area contributed by atoms with E-state index in [1.54, 1.807) is 29.5 Å². The number of hydrogen-bond acceptors (Lipinski definition) is 6. The van der Waals surface area contributed by atoms with Gasteiger partial charge in [-0.2, -0.15) is 0 Å². The second kappa shape index (κ2) is 7.10. The van der Waals surface area contributed by atoms with Gasteiger partial charge in [-0.1, -0.05) is 32.1 Å².